The fraction of sp³-hybridized carbons (Fsp3) is 0.500. The van der Waals surface area contributed by atoms with Gasteiger partial charge in [-0.25, -0.2) is 21.2 Å². The Bertz CT molecular complexity index is 741. The SMILES string of the molecule is CS(=O)(=O)c1ccc(F)c(S(=O)(=O)N(CCO)C2CC2)c1. The maximum atomic E-state index is 13.9. The number of aliphatic hydroxyl groups is 1. The van der Waals surface area contributed by atoms with Gasteiger partial charge in [0.05, 0.1) is 11.5 Å². The average molecular weight is 337 g/mol. The first-order chi connectivity index (χ1) is 9.67. The van der Waals surface area contributed by atoms with Crippen molar-refractivity contribution in [2.75, 3.05) is 19.4 Å². The molecule has 21 heavy (non-hydrogen) atoms. The van der Waals surface area contributed by atoms with Crippen molar-refractivity contribution < 1.29 is 26.3 Å². The maximum Gasteiger partial charge on any atom is 0.246 e. The summed E-state index contributed by atoms with van der Waals surface area (Å²) < 4.78 is 62.9. The number of rotatable bonds is 6. The highest BCUT2D eigenvalue weighted by molar-refractivity contribution is 7.91. The zero-order valence-electron chi connectivity index (χ0n) is 11.4. The van der Waals surface area contributed by atoms with Crippen LogP contribution in [0, 0.1) is 5.82 Å². The summed E-state index contributed by atoms with van der Waals surface area (Å²) in [4.78, 5) is -0.937. The van der Waals surface area contributed by atoms with Crippen molar-refractivity contribution in [3.8, 4) is 0 Å². The Balaban J connectivity index is 2.53. The highest BCUT2D eigenvalue weighted by atomic mass is 32.2. The molecular formula is C12H16FNO5S2. The van der Waals surface area contributed by atoms with Gasteiger partial charge in [0.25, 0.3) is 0 Å². The summed E-state index contributed by atoms with van der Waals surface area (Å²) in [5.41, 5.74) is 0. The minimum Gasteiger partial charge on any atom is -0.395 e. The zero-order valence-corrected chi connectivity index (χ0v) is 13.0. The Morgan fingerprint density at radius 1 is 1.29 bits per heavy atom. The predicted molar refractivity (Wildman–Crippen MR) is 73.5 cm³/mol. The monoisotopic (exact) mass is 337 g/mol. The van der Waals surface area contributed by atoms with Gasteiger partial charge < -0.3 is 5.11 Å². The van der Waals surface area contributed by atoms with Gasteiger partial charge in [-0.2, -0.15) is 4.31 Å². The maximum absolute atomic E-state index is 13.9. The van der Waals surface area contributed by atoms with Crippen LogP contribution in [0.15, 0.2) is 28.0 Å². The van der Waals surface area contributed by atoms with Crippen LogP contribution in [0.25, 0.3) is 0 Å². The molecule has 0 heterocycles. The number of sulfonamides is 1. The number of hydrogen-bond donors (Lipinski definition) is 1. The third-order valence-corrected chi connectivity index (χ3v) is 6.27. The summed E-state index contributed by atoms with van der Waals surface area (Å²) in [5, 5.41) is 8.98. The molecule has 1 N–H and O–H groups in total. The molecule has 1 aliphatic rings. The van der Waals surface area contributed by atoms with E-state index in [0.717, 1.165) is 28.8 Å². The molecule has 0 spiro atoms. The first kappa shape index (κ1) is 16.3. The number of sulfone groups is 1. The second-order valence-corrected chi connectivity index (χ2v) is 8.81. The highest BCUT2D eigenvalue weighted by Gasteiger charge is 2.39. The van der Waals surface area contributed by atoms with E-state index in [1.54, 1.807) is 0 Å². The highest BCUT2D eigenvalue weighted by Crippen LogP contribution is 2.33. The lowest BCUT2D eigenvalue weighted by Gasteiger charge is -2.21. The van der Waals surface area contributed by atoms with E-state index in [1.807, 2.05) is 0 Å². The molecular weight excluding hydrogens is 321 g/mol. The summed E-state index contributed by atoms with van der Waals surface area (Å²) in [6, 6.07) is 2.42. The molecule has 2 rings (SSSR count). The lowest BCUT2D eigenvalue weighted by molar-refractivity contribution is 0.250. The zero-order chi connectivity index (χ0) is 15.8. The molecule has 118 valence electrons. The average Bonchev–Trinajstić information content (AvgIpc) is 3.18. The first-order valence-electron chi connectivity index (χ1n) is 6.30. The molecule has 9 heteroatoms. The number of halogens is 1. The minimum absolute atomic E-state index is 0.143. The molecule has 6 nitrogen and oxygen atoms in total. The molecule has 0 unspecified atom stereocenters. The van der Waals surface area contributed by atoms with Gasteiger partial charge in [0.2, 0.25) is 10.0 Å². The Labute approximate surface area is 123 Å². The van der Waals surface area contributed by atoms with E-state index in [2.05, 4.69) is 0 Å². The third kappa shape index (κ3) is 3.42. The standard InChI is InChI=1S/C12H16FNO5S2/c1-20(16,17)10-4-5-11(13)12(8-10)21(18,19)14(6-7-15)9-2-3-9/h4-5,8-9,15H,2-3,6-7H2,1H3. The topological polar surface area (TPSA) is 91.8 Å². The van der Waals surface area contributed by atoms with E-state index >= 15 is 0 Å². The van der Waals surface area contributed by atoms with Crippen LogP contribution in [0.5, 0.6) is 0 Å². The van der Waals surface area contributed by atoms with Crippen molar-refractivity contribution in [3.05, 3.63) is 24.0 Å². The van der Waals surface area contributed by atoms with Gasteiger partial charge in [-0.05, 0) is 31.0 Å². The molecule has 0 atom stereocenters. The smallest absolute Gasteiger partial charge is 0.246 e. The van der Waals surface area contributed by atoms with Crippen LogP contribution >= 0.6 is 0 Å². The molecule has 1 aromatic rings. The minimum atomic E-state index is -4.18. The van der Waals surface area contributed by atoms with Crippen LogP contribution < -0.4 is 0 Å². The quantitative estimate of drug-likeness (QED) is 0.758. The Morgan fingerprint density at radius 2 is 1.90 bits per heavy atom. The van der Waals surface area contributed by atoms with Gasteiger partial charge in [-0.15, -0.1) is 0 Å². The lowest BCUT2D eigenvalue weighted by atomic mass is 10.3. The van der Waals surface area contributed by atoms with Gasteiger partial charge in [0.1, 0.15) is 10.7 Å². The van der Waals surface area contributed by atoms with Crippen molar-refractivity contribution >= 4 is 19.9 Å². The van der Waals surface area contributed by atoms with E-state index in [0.29, 0.717) is 12.8 Å². The van der Waals surface area contributed by atoms with Gasteiger partial charge in [0.15, 0.2) is 9.84 Å². The van der Waals surface area contributed by atoms with Crippen LogP contribution in [-0.4, -0.2) is 51.7 Å². The summed E-state index contributed by atoms with van der Waals surface area (Å²) in [7, 11) is -7.82. The predicted octanol–water partition coefficient (Wildman–Crippen LogP) is 0.375. The summed E-state index contributed by atoms with van der Waals surface area (Å²) in [6.45, 7) is -0.529. The number of aliphatic hydroxyl groups excluding tert-OH is 1. The van der Waals surface area contributed by atoms with E-state index in [4.69, 9.17) is 5.11 Å². The largest absolute Gasteiger partial charge is 0.395 e. The second-order valence-electron chi connectivity index (χ2n) is 4.93. The van der Waals surface area contributed by atoms with Crippen molar-refractivity contribution in [1.29, 1.82) is 0 Å². The van der Waals surface area contributed by atoms with Crippen LogP contribution in [-0.2, 0) is 19.9 Å². The Morgan fingerprint density at radius 3 is 2.38 bits per heavy atom. The first-order valence-corrected chi connectivity index (χ1v) is 9.63. The molecule has 1 aliphatic carbocycles. The number of benzene rings is 1. The van der Waals surface area contributed by atoms with E-state index in [9.17, 15) is 21.2 Å². The van der Waals surface area contributed by atoms with Gasteiger partial charge >= 0.3 is 0 Å². The Hall–Kier alpha value is -1.03. The van der Waals surface area contributed by atoms with E-state index in [-0.39, 0.29) is 24.1 Å². The Kier molecular flexibility index (Phi) is 4.39. The number of hydrogen-bond acceptors (Lipinski definition) is 5. The molecule has 1 saturated carbocycles. The van der Waals surface area contributed by atoms with Gasteiger partial charge in [0, 0.05) is 18.8 Å². The van der Waals surface area contributed by atoms with E-state index < -0.39 is 30.6 Å². The fourth-order valence-corrected chi connectivity index (χ4v) is 4.49. The van der Waals surface area contributed by atoms with Gasteiger partial charge in [-0.1, -0.05) is 0 Å². The molecule has 0 saturated heterocycles. The molecule has 0 radical (unpaired) electrons. The van der Waals surface area contributed by atoms with Crippen LogP contribution in [0.4, 0.5) is 4.39 Å². The van der Waals surface area contributed by atoms with Crippen LogP contribution in [0.3, 0.4) is 0 Å². The van der Waals surface area contributed by atoms with Crippen molar-refractivity contribution in [1.82, 2.24) is 4.31 Å². The van der Waals surface area contributed by atoms with Crippen molar-refractivity contribution in [2.45, 2.75) is 28.7 Å². The number of nitrogens with zero attached hydrogens (tertiary/aromatic N) is 1. The van der Waals surface area contributed by atoms with E-state index in [1.165, 1.54) is 0 Å². The van der Waals surface area contributed by atoms with Crippen LogP contribution in [0.2, 0.25) is 0 Å². The lowest BCUT2D eigenvalue weighted by Crippen LogP contribution is -2.36. The summed E-state index contributed by atoms with van der Waals surface area (Å²) >= 11 is 0. The molecule has 0 amide bonds. The van der Waals surface area contributed by atoms with Crippen LogP contribution in [0.1, 0.15) is 12.8 Å². The van der Waals surface area contributed by atoms with Crippen molar-refractivity contribution in [2.24, 2.45) is 0 Å². The molecule has 1 fully saturated rings. The summed E-state index contributed by atoms with van der Waals surface area (Å²) in [6.07, 6.45) is 2.21. The molecule has 0 aliphatic heterocycles. The summed E-state index contributed by atoms with van der Waals surface area (Å²) in [5.74, 6) is -1.01. The normalized spacial score (nSPS) is 16.4. The third-order valence-electron chi connectivity index (χ3n) is 3.19. The molecule has 0 aromatic heterocycles. The fourth-order valence-electron chi connectivity index (χ4n) is 2.00. The van der Waals surface area contributed by atoms with Crippen molar-refractivity contribution in [3.63, 3.8) is 0 Å². The molecule has 0 bridgehead atoms. The second kappa shape index (κ2) is 5.64. The van der Waals surface area contributed by atoms with Gasteiger partial charge in [-0.3, -0.25) is 0 Å². The molecule has 1 aromatic carbocycles.